The zero-order chi connectivity index (χ0) is 21.1. The van der Waals surface area contributed by atoms with Crippen LogP contribution in [0.1, 0.15) is 49.9 Å². The molecule has 0 bridgehead atoms. The molecule has 1 saturated carbocycles. The minimum Gasteiger partial charge on any atom is -0.385 e. The van der Waals surface area contributed by atoms with Crippen LogP contribution in [0.4, 0.5) is 4.39 Å². The number of benzene rings is 1. The number of aromatic nitrogens is 2. The summed E-state index contributed by atoms with van der Waals surface area (Å²) in [5, 5.41) is 16.3. The summed E-state index contributed by atoms with van der Waals surface area (Å²) in [7, 11) is 0. The van der Waals surface area contributed by atoms with Crippen molar-refractivity contribution in [3.63, 3.8) is 0 Å². The molecule has 5 rings (SSSR count). The van der Waals surface area contributed by atoms with E-state index in [1.54, 1.807) is 12.2 Å². The van der Waals surface area contributed by atoms with Gasteiger partial charge in [0.25, 0.3) is 0 Å². The average molecular weight is 405 g/mol. The molecule has 3 aliphatic rings. The van der Waals surface area contributed by atoms with Crippen LogP contribution in [0.25, 0.3) is 11.8 Å². The van der Waals surface area contributed by atoms with Crippen LogP contribution in [-0.2, 0) is 6.42 Å². The highest BCUT2D eigenvalue weighted by Crippen LogP contribution is 2.57. The molecule has 1 aromatic heterocycles. The van der Waals surface area contributed by atoms with E-state index in [0.717, 1.165) is 36.2 Å². The maximum atomic E-state index is 13.6. The Morgan fingerprint density at radius 3 is 2.73 bits per heavy atom. The molecule has 1 fully saturated rings. The van der Waals surface area contributed by atoms with Gasteiger partial charge in [0.1, 0.15) is 6.17 Å². The molecular formula is C26H29FN2O. The summed E-state index contributed by atoms with van der Waals surface area (Å²) in [5.74, 6) is 0.0826. The quantitative estimate of drug-likeness (QED) is 0.732. The summed E-state index contributed by atoms with van der Waals surface area (Å²) in [6.45, 7) is 6.28. The van der Waals surface area contributed by atoms with E-state index in [2.05, 4.69) is 49.3 Å². The molecule has 2 unspecified atom stereocenters. The Hall–Kier alpha value is -2.46. The molecule has 156 valence electrons. The van der Waals surface area contributed by atoms with Crippen molar-refractivity contribution in [1.82, 2.24) is 9.78 Å². The van der Waals surface area contributed by atoms with Crippen molar-refractivity contribution in [2.75, 3.05) is 0 Å². The molecule has 2 aromatic rings. The number of hydrogen-bond donors (Lipinski definition) is 1. The Labute approximate surface area is 177 Å². The van der Waals surface area contributed by atoms with Crippen molar-refractivity contribution in [1.29, 1.82) is 0 Å². The van der Waals surface area contributed by atoms with Gasteiger partial charge in [0, 0.05) is 12.3 Å². The average Bonchev–Trinajstić information content (AvgIpc) is 3.27. The van der Waals surface area contributed by atoms with Crippen LogP contribution in [0.3, 0.4) is 0 Å². The Balaban J connectivity index is 1.50. The SMILES string of the molecule is Cc1ccc(-n2ncc3c2C=C2CC[C@H](C(C)(O)C4=CCC(F)C=C4)[C@@]2(C)C3)cc1. The fourth-order valence-electron chi connectivity index (χ4n) is 5.81. The maximum absolute atomic E-state index is 13.6. The number of alkyl halides is 1. The smallest absolute Gasteiger partial charge is 0.122 e. The van der Waals surface area contributed by atoms with E-state index in [0.29, 0.717) is 6.42 Å². The molecule has 4 heteroatoms. The maximum Gasteiger partial charge on any atom is 0.122 e. The monoisotopic (exact) mass is 404 g/mol. The summed E-state index contributed by atoms with van der Waals surface area (Å²) < 4.78 is 15.6. The van der Waals surface area contributed by atoms with Crippen LogP contribution in [0.5, 0.6) is 0 Å². The number of halogens is 1. The largest absolute Gasteiger partial charge is 0.385 e. The fraction of sp³-hybridized carbons (Fsp3) is 0.423. The van der Waals surface area contributed by atoms with Crippen LogP contribution in [0.15, 0.2) is 59.8 Å². The van der Waals surface area contributed by atoms with Crippen LogP contribution in [0, 0.1) is 18.3 Å². The molecule has 3 nitrogen and oxygen atoms in total. The molecule has 30 heavy (non-hydrogen) atoms. The molecule has 1 heterocycles. The third-order valence-electron chi connectivity index (χ3n) is 7.55. The van der Waals surface area contributed by atoms with E-state index in [4.69, 9.17) is 0 Å². The summed E-state index contributed by atoms with van der Waals surface area (Å²) in [6, 6.07) is 8.44. The summed E-state index contributed by atoms with van der Waals surface area (Å²) in [5.41, 5.74) is 5.82. The van der Waals surface area contributed by atoms with Gasteiger partial charge in [0.2, 0.25) is 0 Å². The van der Waals surface area contributed by atoms with E-state index in [9.17, 15) is 9.50 Å². The van der Waals surface area contributed by atoms with Crippen molar-refractivity contribution in [2.24, 2.45) is 11.3 Å². The predicted molar refractivity (Wildman–Crippen MR) is 118 cm³/mol. The first-order chi connectivity index (χ1) is 14.3. The Morgan fingerprint density at radius 2 is 2.03 bits per heavy atom. The highest BCUT2D eigenvalue weighted by molar-refractivity contribution is 5.62. The lowest BCUT2D eigenvalue weighted by molar-refractivity contribution is -0.00442. The second-order valence-corrected chi connectivity index (χ2v) is 9.58. The molecule has 1 aromatic carbocycles. The van der Waals surface area contributed by atoms with E-state index >= 15 is 0 Å². The standard InChI is InChI=1S/C26H29FN2O/c1-17-4-11-22(12-5-17)29-23-14-20-8-13-24(25(20,2)15-18(23)16-28-29)26(3,30)19-6-9-21(27)10-7-19/h4-7,9,11-12,14,16,21,24,30H,8,10,13,15H2,1-3H3/t21?,24-,25-,26?/m0/s1. The number of rotatable bonds is 3. The van der Waals surface area contributed by atoms with Gasteiger partial charge in [0.05, 0.1) is 23.2 Å². The molecule has 0 amide bonds. The lowest BCUT2D eigenvalue weighted by atomic mass is 9.63. The van der Waals surface area contributed by atoms with Gasteiger partial charge in [-0.3, -0.25) is 0 Å². The van der Waals surface area contributed by atoms with Gasteiger partial charge in [-0.1, -0.05) is 48.4 Å². The first-order valence-electron chi connectivity index (χ1n) is 10.9. The first kappa shape index (κ1) is 19.5. The highest BCUT2D eigenvalue weighted by atomic mass is 19.1. The second-order valence-electron chi connectivity index (χ2n) is 9.58. The topological polar surface area (TPSA) is 38.0 Å². The zero-order valence-electron chi connectivity index (χ0n) is 17.9. The molecular weight excluding hydrogens is 375 g/mol. The summed E-state index contributed by atoms with van der Waals surface area (Å²) >= 11 is 0. The number of fused-ring (bicyclic) bond motifs is 2. The van der Waals surface area contributed by atoms with Gasteiger partial charge < -0.3 is 5.11 Å². The Bertz CT molecular complexity index is 1070. The Morgan fingerprint density at radius 1 is 1.27 bits per heavy atom. The van der Waals surface area contributed by atoms with Gasteiger partial charge in [-0.15, -0.1) is 0 Å². The van der Waals surface area contributed by atoms with Crippen LogP contribution in [0.2, 0.25) is 0 Å². The lowest BCUT2D eigenvalue weighted by Gasteiger charge is -2.44. The van der Waals surface area contributed by atoms with Crippen molar-refractivity contribution >= 4 is 6.08 Å². The molecule has 0 spiro atoms. The molecule has 3 aliphatic carbocycles. The van der Waals surface area contributed by atoms with E-state index < -0.39 is 11.8 Å². The zero-order valence-corrected chi connectivity index (χ0v) is 17.9. The van der Waals surface area contributed by atoms with Gasteiger partial charge in [-0.25, -0.2) is 9.07 Å². The van der Waals surface area contributed by atoms with Crippen LogP contribution in [-0.4, -0.2) is 26.7 Å². The number of hydrogen-bond acceptors (Lipinski definition) is 2. The molecule has 4 atom stereocenters. The van der Waals surface area contributed by atoms with Crippen molar-refractivity contribution in [3.8, 4) is 5.69 Å². The number of nitrogens with zero attached hydrogens (tertiary/aromatic N) is 2. The van der Waals surface area contributed by atoms with Gasteiger partial charge in [-0.2, -0.15) is 5.10 Å². The number of aliphatic hydroxyl groups is 1. The van der Waals surface area contributed by atoms with Gasteiger partial charge in [-0.05, 0) is 67.9 Å². The fourth-order valence-corrected chi connectivity index (χ4v) is 5.81. The minimum atomic E-state index is -0.981. The molecule has 1 N–H and O–H groups in total. The van der Waals surface area contributed by atoms with Crippen molar-refractivity contribution in [2.45, 2.75) is 58.2 Å². The van der Waals surface area contributed by atoms with Gasteiger partial charge >= 0.3 is 0 Å². The van der Waals surface area contributed by atoms with E-state index in [1.807, 2.05) is 23.9 Å². The normalized spacial score (nSPS) is 29.6. The third kappa shape index (κ3) is 2.92. The summed E-state index contributed by atoms with van der Waals surface area (Å²) in [6.07, 6.45) is 11.7. The lowest BCUT2D eigenvalue weighted by Crippen LogP contribution is -2.45. The molecule has 0 radical (unpaired) electrons. The summed E-state index contributed by atoms with van der Waals surface area (Å²) in [4.78, 5) is 0. The highest BCUT2D eigenvalue weighted by Gasteiger charge is 2.53. The minimum absolute atomic E-state index is 0.0826. The van der Waals surface area contributed by atoms with E-state index in [1.165, 1.54) is 16.7 Å². The van der Waals surface area contributed by atoms with Crippen molar-refractivity contribution in [3.05, 3.63) is 76.7 Å². The van der Waals surface area contributed by atoms with Gasteiger partial charge in [0.15, 0.2) is 0 Å². The first-order valence-corrected chi connectivity index (χ1v) is 10.9. The number of allylic oxidation sites excluding steroid dienone is 3. The molecule has 0 aliphatic heterocycles. The molecule has 0 saturated heterocycles. The second kappa shape index (κ2) is 6.78. The van der Waals surface area contributed by atoms with E-state index in [-0.39, 0.29) is 11.3 Å². The van der Waals surface area contributed by atoms with Crippen molar-refractivity contribution < 1.29 is 9.50 Å². The predicted octanol–water partition coefficient (Wildman–Crippen LogP) is 5.51. The van der Waals surface area contributed by atoms with Crippen LogP contribution < -0.4 is 0 Å². The third-order valence-corrected chi connectivity index (χ3v) is 7.55. The number of aryl methyl sites for hydroxylation is 1. The Kier molecular flexibility index (Phi) is 4.41. The van der Waals surface area contributed by atoms with Crippen LogP contribution >= 0.6 is 0 Å².